The first-order valence-electron chi connectivity index (χ1n) is 6.41. The fourth-order valence-corrected chi connectivity index (χ4v) is 2.00. The Kier molecular flexibility index (Phi) is 3.06. The van der Waals surface area contributed by atoms with Gasteiger partial charge >= 0.3 is 0 Å². The zero-order valence-corrected chi connectivity index (χ0v) is 11.3. The summed E-state index contributed by atoms with van der Waals surface area (Å²) in [5.74, 6) is 0.218. The van der Waals surface area contributed by atoms with Crippen molar-refractivity contribution in [1.29, 1.82) is 0 Å². The Bertz CT molecular complexity index is 732. The minimum absolute atomic E-state index is 0.215. The minimum atomic E-state index is -0.417. The molecule has 1 N–H and O–H groups in total. The largest absolute Gasteiger partial charge is 0.368 e. The number of aromatic nitrogens is 4. The topological polar surface area (TPSA) is 55.1 Å². The highest BCUT2D eigenvalue weighted by molar-refractivity contribution is 5.58. The van der Waals surface area contributed by atoms with Gasteiger partial charge in [-0.25, -0.2) is 19.3 Å². The number of pyridine rings is 1. The standard InChI is InChI=1S/C14H14FN5/c1-3-16-14-12(15)9(2)17-13(19-14)10-8-20-7-5-4-6-11(20)18-10/h4-8H,3H2,1-2H3,(H,16,17,19). The maximum Gasteiger partial charge on any atom is 0.186 e. The van der Waals surface area contributed by atoms with Crippen LogP contribution in [0.25, 0.3) is 17.2 Å². The monoisotopic (exact) mass is 271 g/mol. The molecule has 3 aromatic rings. The van der Waals surface area contributed by atoms with Crippen LogP contribution in [0, 0.1) is 12.7 Å². The number of nitrogens with zero attached hydrogens (tertiary/aromatic N) is 4. The van der Waals surface area contributed by atoms with Crippen LogP contribution in [-0.2, 0) is 0 Å². The SMILES string of the molecule is CCNc1nc(-c2cn3ccccc3n2)nc(C)c1F. The van der Waals surface area contributed by atoms with E-state index in [1.54, 1.807) is 6.92 Å². The fraction of sp³-hybridized carbons (Fsp3) is 0.214. The van der Waals surface area contributed by atoms with Gasteiger partial charge in [0.2, 0.25) is 0 Å². The van der Waals surface area contributed by atoms with Crippen molar-refractivity contribution < 1.29 is 4.39 Å². The first-order valence-corrected chi connectivity index (χ1v) is 6.41. The van der Waals surface area contributed by atoms with Gasteiger partial charge in [-0.2, -0.15) is 0 Å². The third-order valence-electron chi connectivity index (χ3n) is 2.95. The molecule has 102 valence electrons. The summed E-state index contributed by atoms with van der Waals surface area (Å²) < 4.78 is 15.8. The Morgan fingerprint density at radius 3 is 2.85 bits per heavy atom. The van der Waals surface area contributed by atoms with Gasteiger partial charge in [0.05, 0.1) is 5.69 Å². The Morgan fingerprint density at radius 1 is 1.25 bits per heavy atom. The van der Waals surface area contributed by atoms with E-state index in [0.29, 0.717) is 23.8 Å². The van der Waals surface area contributed by atoms with Crippen molar-refractivity contribution >= 4 is 11.5 Å². The van der Waals surface area contributed by atoms with Crippen LogP contribution < -0.4 is 5.32 Å². The van der Waals surface area contributed by atoms with Crippen molar-refractivity contribution in [3.05, 3.63) is 42.1 Å². The van der Waals surface area contributed by atoms with Gasteiger partial charge in [0, 0.05) is 18.9 Å². The molecule has 0 spiro atoms. The molecule has 0 unspecified atom stereocenters. The van der Waals surface area contributed by atoms with Crippen molar-refractivity contribution in [3.8, 4) is 11.5 Å². The van der Waals surface area contributed by atoms with Crippen LogP contribution >= 0.6 is 0 Å². The number of nitrogens with one attached hydrogen (secondary N) is 1. The molecule has 0 bridgehead atoms. The molecule has 3 aromatic heterocycles. The molecule has 0 aliphatic heterocycles. The van der Waals surface area contributed by atoms with E-state index in [1.807, 2.05) is 41.9 Å². The summed E-state index contributed by atoms with van der Waals surface area (Å²) in [6.07, 6.45) is 3.73. The van der Waals surface area contributed by atoms with Gasteiger partial charge in [-0.05, 0) is 26.0 Å². The Labute approximate surface area is 115 Å². The van der Waals surface area contributed by atoms with Crippen molar-refractivity contribution in [3.63, 3.8) is 0 Å². The predicted molar refractivity (Wildman–Crippen MR) is 75.1 cm³/mol. The smallest absolute Gasteiger partial charge is 0.186 e. The average Bonchev–Trinajstić information content (AvgIpc) is 2.87. The van der Waals surface area contributed by atoms with Crippen molar-refractivity contribution in [2.24, 2.45) is 0 Å². The van der Waals surface area contributed by atoms with Crippen LogP contribution in [0.4, 0.5) is 10.2 Å². The molecular weight excluding hydrogens is 257 g/mol. The summed E-state index contributed by atoms with van der Waals surface area (Å²) in [5.41, 5.74) is 1.74. The van der Waals surface area contributed by atoms with E-state index in [4.69, 9.17) is 0 Å². The predicted octanol–water partition coefficient (Wildman–Crippen LogP) is 2.67. The normalized spacial score (nSPS) is 10.9. The van der Waals surface area contributed by atoms with E-state index in [2.05, 4.69) is 20.3 Å². The number of hydrogen-bond donors (Lipinski definition) is 1. The third-order valence-corrected chi connectivity index (χ3v) is 2.95. The second kappa shape index (κ2) is 4.88. The Balaban J connectivity index is 2.13. The van der Waals surface area contributed by atoms with Gasteiger partial charge in [-0.1, -0.05) is 6.07 Å². The van der Waals surface area contributed by atoms with Crippen molar-refractivity contribution in [2.45, 2.75) is 13.8 Å². The van der Waals surface area contributed by atoms with Crippen LogP contribution in [0.1, 0.15) is 12.6 Å². The molecule has 0 aliphatic rings. The van der Waals surface area contributed by atoms with Crippen molar-refractivity contribution in [2.75, 3.05) is 11.9 Å². The van der Waals surface area contributed by atoms with Gasteiger partial charge in [-0.15, -0.1) is 0 Å². The lowest BCUT2D eigenvalue weighted by atomic mass is 10.3. The summed E-state index contributed by atoms with van der Waals surface area (Å²) in [7, 11) is 0. The first kappa shape index (κ1) is 12.5. The zero-order valence-electron chi connectivity index (χ0n) is 11.3. The second-order valence-corrected chi connectivity index (χ2v) is 4.42. The van der Waals surface area contributed by atoms with Gasteiger partial charge < -0.3 is 9.72 Å². The molecule has 0 amide bonds. The summed E-state index contributed by atoms with van der Waals surface area (Å²) in [6.45, 7) is 4.11. The summed E-state index contributed by atoms with van der Waals surface area (Å²) in [6, 6.07) is 5.72. The lowest BCUT2D eigenvalue weighted by Gasteiger charge is -2.07. The van der Waals surface area contributed by atoms with Gasteiger partial charge in [0.1, 0.15) is 11.3 Å². The molecule has 6 heteroatoms. The summed E-state index contributed by atoms with van der Waals surface area (Å²) in [4.78, 5) is 12.8. The van der Waals surface area contributed by atoms with E-state index < -0.39 is 5.82 Å². The molecule has 0 radical (unpaired) electrons. The number of fused-ring (bicyclic) bond motifs is 1. The lowest BCUT2D eigenvalue weighted by Crippen LogP contribution is -2.06. The van der Waals surface area contributed by atoms with E-state index in [9.17, 15) is 4.39 Å². The number of rotatable bonds is 3. The summed E-state index contributed by atoms with van der Waals surface area (Å²) >= 11 is 0. The molecule has 0 fully saturated rings. The van der Waals surface area contributed by atoms with Crippen LogP contribution in [0.5, 0.6) is 0 Å². The molecule has 0 saturated heterocycles. The van der Waals surface area contributed by atoms with E-state index in [-0.39, 0.29) is 5.82 Å². The number of anilines is 1. The van der Waals surface area contributed by atoms with E-state index >= 15 is 0 Å². The maximum atomic E-state index is 13.9. The lowest BCUT2D eigenvalue weighted by molar-refractivity contribution is 0.606. The van der Waals surface area contributed by atoms with E-state index in [0.717, 1.165) is 5.65 Å². The number of aryl methyl sites for hydroxylation is 1. The number of halogens is 1. The number of hydrogen-bond acceptors (Lipinski definition) is 4. The quantitative estimate of drug-likeness (QED) is 0.795. The first-order chi connectivity index (χ1) is 9.69. The molecular formula is C14H14FN5. The van der Waals surface area contributed by atoms with Crippen LogP contribution in [0.2, 0.25) is 0 Å². The Morgan fingerprint density at radius 2 is 2.10 bits per heavy atom. The highest BCUT2D eigenvalue weighted by Gasteiger charge is 2.14. The third kappa shape index (κ3) is 2.09. The van der Waals surface area contributed by atoms with Crippen LogP contribution in [-0.4, -0.2) is 25.9 Å². The number of imidazole rings is 1. The maximum absolute atomic E-state index is 13.9. The molecule has 20 heavy (non-hydrogen) atoms. The zero-order chi connectivity index (χ0) is 14.1. The molecule has 5 nitrogen and oxygen atoms in total. The van der Waals surface area contributed by atoms with Gasteiger partial charge in [-0.3, -0.25) is 0 Å². The molecule has 3 heterocycles. The van der Waals surface area contributed by atoms with Crippen LogP contribution in [0.15, 0.2) is 30.6 Å². The molecule has 0 atom stereocenters. The Hall–Kier alpha value is -2.50. The average molecular weight is 271 g/mol. The fourth-order valence-electron chi connectivity index (χ4n) is 2.00. The van der Waals surface area contributed by atoms with Crippen molar-refractivity contribution in [1.82, 2.24) is 19.4 Å². The molecule has 0 aromatic carbocycles. The molecule has 0 aliphatic carbocycles. The highest BCUT2D eigenvalue weighted by Crippen LogP contribution is 2.20. The van der Waals surface area contributed by atoms with Gasteiger partial charge in [0.15, 0.2) is 17.5 Å². The molecule has 3 rings (SSSR count). The van der Waals surface area contributed by atoms with Gasteiger partial charge in [0.25, 0.3) is 0 Å². The second-order valence-electron chi connectivity index (χ2n) is 4.42. The highest BCUT2D eigenvalue weighted by atomic mass is 19.1. The summed E-state index contributed by atoms with van der Waals surface area (Å²) in [5, 5.41) is 2.90. The molecule has 0 saturated carbocycles. The van der Waals surface area contributed by atoms with Crippen LogP contribution in [0.3, 0.4) is 0 Å². The van der Waals surface area contributed by atoms with E-state index in [1.165, 1.54) is 0 Å². The minimum Gasteiger partial charge on any atom is -0.368 e.